The highest BCUT2D eigenvalue weighted by Gasteiger charge is 2.21. The molecular formula is C20H24Cl2N4O. The summed E-state index contributed by atoms with van der Waals surface area (Å²) in [5.41, 5.74) is 6.67. The molecule has 1 unspecified atom stereocenters. The van der Waals surface area contributed by atoms with Gasteiger partial charge >= 0.3 is 0 Å². The molecule has 1 N–H and O–H groups in total. The molecule has 1 atom stereocenters. The van der Waals surface area contributed by atoms with Crippen LogP contribution in [0.5, 0.6) is 5.75 Å². The third kappa shape index (κ3) is 3.51. The van der Waals surface area contributed by atoms with Crippen LogP contribution in [0.4, 0.5) is 0 Å². The Kier molecular flexibility index (Phi) is 5.65. The molecule has 2 aliphatic heterocycles. The molecule has 0 fully saturated rings. The van der Waals surface area contributed by atoms with Crippen molar-refractivity contribution < 1.29 is 4.74 Å². The van der Waals surface area contributed by atoms with Crippen molar-refractivity contribution in [1.82, 2.24) is 20.1 Å². The van der Waals surface area contributed by atoms with Crippen LogP contribution >= 0.6 is 24.8 Å². The average molecular weight is 407 g/mol. The number of pyridine rings is 1. The van der Waals surface area contributed by atoms with Crippen molar-refractivity contribution in [3.8, 4) is 17.1 Å². The second-order valence-corrected chi connectivity index (χ2v) is 7.21. The van der Waals surface area contributed by atoms with Gasteiger partial charge in [-0.15, -0.1) is 24.8 Å². The predicted molar refractivity (Wildman–Crippen MR) is 112 cm³/mol. The molecule has 1 aromatic carbocycles. The van der Waals surface area contributed by atoms with Crippen molar-refractivity contribution >= 4 is 35.7 Å². The van der Waals surface area contributed by atoms with Crippen LogP contribution in [0.2, 0.25) is 0 Å². The largest absolute Gasteiger partial charge is 0.490 e. The third-order valence-corrected chi connectivity index (χ3v) is 5.19. The number of hydrogen-bond donors (Lipinski definition) is 1. The van der Waals surface area contributed by atoms with Gasteiger partial charge in [-0.05, 0) is 62.2 Å². The molecule has 0 bridgehead atoms. The lowest BCUT2D eigenvalue weighted by Crippen LogP contribution is -2.11. The van der Waals surface area contributed by atoms with E-state index in [0.29, 0.717) is 0 Å². The van der Waals surface area contributed by atoms with E-state index in [2.05, 4.69) is 48.1 Å². The van der Waals surface area contributed by atoms with Crippen LogP contribution in [0, 0.1) is 6.92 Å². The quantitative estimate of drug-likeness (QED) is 0.661. The normalized spacial score (nSPS) is 17.9. The van der Waals surface area contributed by atoms with Crippen LogP contribution in [0.15, 0.2) is 24.3 Å². The summed E-state index contributed by atoms with van der Waals surface area (Å²) in [5.74, 6) is 1.01. The first-order valence-electron chi connectivity index (χ1n) is 9.06. The third-order valence-electron chi connectivity index (χ3n) is 5.19. The van der Waals surface area contributed by atoms with Crippen molar-refractivity contribution in [3.63, 3.8) is 0 Å². The lowest BCUT2D eigenvalue weighted by atomic mass is 10.0. The number of nitrogens with zero attached hydrogens (tertiary/aromatic N) is 3. The number of benzene rings is 1. The summed E-state index contributed by atoms with van der Waals surface area (Å²) < 4.78 is 8.02. The number of hydrogen-bond acceptors (Lipinski definition) is 4. The van der Waals surface area contributed by atoms with E-state index in [-0.39, 0.29) is 30.9 Å². The number of fused-ring (bicyclic) bond motifs is 3. The molecule has 0 saturated carbocycles. The van der Waals surface area contributed by atoms with Gasteiger partial charge in [-0.1, -0.05) is 0 Å². The second kappa shape index (κ2) is 7.66. The molecular weight excluding hydrogens is 383 g/mol. The van der Waals surface area contributed by atoms with Gasteiger partial charge in [0.2, 0.25) is 0 Å². The highest BCUT2D eigenvalue weighted by Crippen LogP contribution is 2.34. The summed E-state index contributed by atoms with van der Waals surface area (Å²) in [6.07, 6.45) is 2.33. The molecule has 144 valence electrons. The summed E-state index contributed by atoms with van der Waals surface area (Å²) >= 11 is 0. The fraction of sp³-hybridized carbons (Fsp3) is 0.400. The smallest absolute Gasteiger partial charge is 0.123 e. The van der Waals surface area contributed by atoms with Crippen molar-refractivity contribution in [2.24, 2.45) is 0 Å². The minimum atomic E-state index is 0. The molecule has 5 nitrogen and oxygen atoms in total. The van der Waals surface area contributed by atoms with E-state index < -0.39 is 0 Å². The molecule has 4 heterocycles. The highest BCUT2D eigenvalue weighted by molar-refractivity contribution is 5.87. The first-order valence-corrected chi connectivity index (χ1v) is 9.06. The Hall–Kier alpha value is -1.82. The maximum Gasteiger partial charge on any atom is 0.123 e. The highest BCUT2D eigenvalue weighted by atomic mass is 35.5. The van der Waals surface area contributed by atoms with E-state index in [1.165, 1.54) is 22.2 Å². The van der Waals surface area contributed by atoms with E-state index in [0.717, 1.165) is 55.1 Å². The molecule has 27 heavy (non-hydrogen) atoms. The Morgan fingerprint density at radius 1 is 1.15 bits per heavy atom. The van der Waals surface area contributed by atoms with Crippen LogP contribution in [0.25, 0.3) is 22.3 Å². The molecule has 0 saturated heterocycles. The Morgan fingerprint density at radius 3 is 2.85 bits per heavy atom. The van der Waals surface area contributed by atoms with Gasteiger partial charge in [-0.2, -0.15) is 5.10 Å². The van der Waals surface area contributed by atoms with Crippen LogP contribution in [-0.2, 0) is 19.5 Å². The average Bonchev–Trinajstić information content (AvgIpc) is 3.08. The van der Waals surface area contributed by atoms with Gasteiger partial charge in [0.25, 0.3) is 0 Å². The van der Waals surface area contributed by atoms with Gasteiger partial charge in [-0.3, -0.25) is 4.68 Å². The lowest BCUT2D eigenvalue weighted by molar-refractivity contribution is 0.255. The van der Waals surface area contributed by atoms with Crippen molar-refractivity contribution in [1.29, 1.82) is 0 Å². The Bertz CT molecular complexity index is 962. The minimum absolute atomic E-state index is 0. The minimum Gasteiger partial charge on any atom is -0.490 e. The van der Waals surface area contributed by atoms with Gasteiger partial charge in [0.05, 0.1) is 16.9 Å². The van der Waals surface area contributed by atoms with Crippen molar-refractivity contribution in [2.75, 3.05) is 6.54 Å². The summed E-state index contributed by atoms with van der Waals surface area (Å²) in [7, 11) is 0. The number of aromatic nitrogens is 3. The van der Waals surface area contributed by atoms with Crippen LogP contribution in [0.3, 0.4) is 0 Å². The van der Waals surface area contributed by atoms with E-state index >= 15 is 0 Å². The van der Waals surface area contributed by atoms with Crippen molar-refractivity contribution in [2.45, 2.75) is 45.9 Å². The zero-order valence-electron chi connectivity index (χ0n) is 15.5. The zero-order chi connectivity index (χ0) is 17.0. The summed E-state index contributed by atoms with van der Waals surface area (Å²) in [5, 5.41) is 9.42. The monoisotopic (exact) mass is 406 g/mol. The summed E-state index contributed by atoms with van der Waals surface area (Å²) in [6.45, 7) is 7.15. The molecule has 3 aromatic rings. The maximum absolute atomic E-state index is 5.90. The number of halogens is 2. The van der Waals surface area contributed by atoms with Crippen LogP contribution in [-0.4, -0.2) is 27.4 Å². The molecule has 7 heteroatoms. The van der Waals surface area contributed by atoms with E-state index in [9.17, 15) is 0 Å². The van der Waals surface area contributed by atoms with Gasteiger partial charge in [0.15, 0.2) is 0 Å². The molecule has 5 rings (SSSR count). The van der Waals surface area contributed by atoms with Crippen LogP contribution < -0.4 is 10.1 Å². The van der Waals surface area contributed by atoms with Gasteiger partial charge < -0.3 is 10.1 Å². The lowest BCUT2D eigenvalue weighted by Gasteiger charge is -2.08. The molecule has 2 aliphatic rings. The van der Waals surface area contributed by atoms with Gasteiger partial charge in [0, 0.05) is 24.9 Å². The fourth-order valence-corrected chi connectivity index (χ4v) is 3.92. The van der Waals surface area contributed by atoms with E-state index in [1.54, 1.807) is 0 Å². The van der Waals surface area contributed by atoms with Crippen LogP contribution in [0.1, 0.15) is 30.2 Å². The maximum atomic E-state index is 5.90. The fourth-order valence-electron chi connectivity index (χ4n) is 3.92. The molecule has 0 spiro atoms. The van der Waals surface area contributed by atoms with Gasteiger partial charge in [-0.25, -0.2) is 4.98 Å². The zero-order valence-corrected chi connectivity index (χ0v) is 17.1. The Labute approximate surface area is 171 Å². The standard InChI is InChI=1S/C20H22N4O.2ClH/c1-12-6-18(19-9-15-11-21-4-3-5-24(15)23-19)22-17-8-14-7-13(2)25-20(14)10-16(12)17;;/h6,8-10,13,21H,3-5,7,11H2,1-2H3;2*1H. The Morgan fingerprint density at radius 2 is 2.00 bits per heavy atom. The number of aryl methyl sites for hydroxylation is 2. The van der Waals surface area contributed by atoms with E-state index in [1.807, 2.05) is 0 Å². The molecule has 0 aliphatic carbocycles. The first-order chi connectivity index (χ1) is 12.2. The molecule has 2 aromatic heterocycles. The number of nitrogens with one attached hydrogen (secondary N) is 1. The van der Waals surface area contributed by atoms with Crippen molar-refractivity contribution in [3.05, 3.63) is 41.1 Å². The molecule has 0 amide bonds. The first kappa shape index (κ1) is 19.9. The summed E-state index contributed by atoms with van der Waals surface area (Å²) in [4.78, 5) is 4.92. The topological polar surface area (TPSA) is 52.0 Å². The predicted octanol–water partition coefficient (Wildman–Crippen LogP) is 4.07. The number of rotatable bonds is 1. The number of ether oxygens (including phenoxy) is 1. The SMILES string of the molecule is Cc1cc(-c2cc3n(n2)CCCNC3)nc2cc3c(cc12)OC(C)C3.Cl.Cl. The Balaban J connectivity index is 0.00000105. The van der Waals surface area contributed by atoms with Gasteiger partial charge in [0.1, 0.15) is 17.5 Å². The summed E-state index contributed by atoms with van der Waals surface area (Å²) in [6, 6.07) is 8.65. The second-order valence-electron chi connectivity index (χ2n) is 7.21. The molecule has 0 radical (unpaired) electrons. The van der Waals surface area contributed by atoms with E-state index in [4.69, 9.17) is 14.8 Å².